The molecule has 16 nitrogen and oxygen atoms in total. The van der Waals surface area contributed by atoms with Crippen LogP contribution in [-0.4, -0.2) is 101 Å². The number of fused-ring (bicyclic) bond motifs is 4. The molecule has 2 spiro atoms. The fraction of sp³-hybridized carbons (Fsp3) is 0.593. The Kier molecular flexibility index (Phi) is 10.6. The van der Waals surface area contributed by atoms with Crippen molar-refractivity contribution in [1.82, 2.24) is 40.4 Å². The van der Waals surface area contributed by atoms with Crippen LogP contribution in [0.1, 0.15) is 158 Å². The number of aromatic nitrogens is 4. The number of rotatable bonds is 8. The van der Waals surface area contributed by atoms with Gasteiger partial charge < -0.3 is 50.4 Å². The molecule has 4 aliphatic carbocycles. The summed E-state index contributed by atoms with van der Waals surface area (Å²) >= 11 is 0. The SMILES string of the molecule is O=C(O)NC1(C2CCCC2)C(=O)N2C([C@H]3CC[C@@H](C4C[C@@H]5CCC[C@@]56c5ccc7nc([nH]c7c5)[C@@](NC(=O)O)(C5CCCC5)C(=O)N46)N3c3cc(F)c(N4CCCCC4)c(F)c3)CC3CCCC32c2ccc3nc1[nH]c3c2. The average molecular weight is 1050 g/mol. The van der Waals surface area contributed by atoms with Gasteiger partial charge in [0.05, 0.1) is 45.2 Å². The fourth-order valence-corrected chi connectivity index (χ4v) is 19.0. The molecule has 6 aliphatic heterocycles. The summed E-state index contributed by atoms with van der Waals surface area (Å²) in [7, 11) is 0. The number of aromatic amines is 2. The Morgan fingerprint density at radius 2 is 1.00 bits per heavy atom. The summed E-state index contributed by atoms with van der Waals surface area (Å²) in [6, 6.07) is 13.2. The number of hydrogen-bond donors (Lipinski definition) is 6. The lowest BCUT2D eigenvalue weighted by Gasteiger charge is -2.51. The monoisotopic (exact) mass is 1050 g/mol. The van der Waals surface area contributed by atoms with E-state index in [0.29, 0.717) is 94.0 Å². The van der Waals surface area contributed by atoms with Crippen molar-refractivity contribution in [3.8, 4) is 0 Å². The highest BCUT2D eigenvalue weighted by molar-refractivity contribution is 5.95. The largest absolute Gasteiger partial charge is 0.465 e. The molecule has 4 saturated carbocycles. The number of carbonyl (C=O) groups is 4. The van der Waals surface area contributed by atoms with Crippen molar-refractivity contribution in [2.45, 2.75) is 181 Å². The lowest BCUT2D eigenvalue weighted by Crippen LogP contribution is -2.68. The highest BCUT2D eigenvalue weighted by Crippen LogP contribution is 2.64. The molecule has 10 atom stereocenters. The minimum Gasteiger partial charge on any atom is -0.465 e. The molecule has 8 heterocycles. The number of H-pyrrole nitrogens is 2. The van der Waals surface area contributed by atoms with E-state index in [9.17, 15) is 19.8 Å². The van der Waals surface area contributed by atoms with Gasteiger partial charge >= 0.3 is 12.2 Å². The minimum atomic E-state index is -1.75. The zero-order chi connectivity index (χ0) is 52.3. The molecule has 5 unspecified atom stereocenters. The van der Waals surface area contributed by atoms with E-state index in [1.54, 1.807) is 0 Å². The van der Waals surface area contributed by atoms with Crippen LogP contribution < -0.4 is 20.4 Å². The number of imidazole rings is 2. The van der Waals surface area contributed by atoms with Crippen molar-refractivity contribution in [3.05, 3.63) is 82.9 Å². The first kappa shape index (κ1) is 47.7. The van der Waals surface area contributed by atoms with E-state index in [-0.39, 0.29) is 52.8 Å². The Morgan fingerprint density at radius 3 is 1.44 bits per heavy atom. The van der Waals surface area contributed by atoms with Crippen LogP contribution in [0.25, 0.3) is 22.1 Å². The topological polar surface area (TPSA) is 203 Å². The van der Waals surface area contributed by atoms with Crippen LogP contribution >= 0.6 is 0 Å². The average Bonchev–Trinajstić information content (AvgIpc) is 4.04. The van der Waals surface area contributed by atoms with Crippen molar-refractivity contribution in [1.29, 1.82) is 0 Å². The van der Waals surface area contributed by atoms with E-state index in [2.05, 4.69) is 59.6 Å². The third-order valence-corrected chi connectivity index (χ3v) is 21.8. The van der Waals surface area contributed by atoms with Crippen molar-refractivity contribution >= 4 is 57.4 Å². The number of nitrogens with one attached hydrogen (secondary N) is 4. The van der Waals surface area contributed by atoms with Crippen molar-refractivity contribution in [2.75, 3.05) is 22.9 Å². The molecule has 0 radical (unpaired) electrons. The molecule has 77 heavy (non-hydrogen) atoms. The van der Waals surface area contributed by atoms with E-state index < -0.39 is 70.1 Å². The van der Waals surface area contributed by atoms with Gasteiger partial charge in [-0.2, -0.15) is 0 Å². The maximum Gasteiger partial charge on any atom is 0.405 e. The number of piperidine rings is 1. The van der Waals surface area contributed by atoms with Gasteiger partial charge in [0.15, 0.2) is 22.7 Å². The molecular formula is C59H68F2N10O6. The van der Waals surface area contributed by atoms with Crippen molar-refractivity contribution in [3.63, 3.8) is 0 Å². The zero-order valence-corrected chi connectivity index (χ0v) is 43.5. The van der Waals surface area contributed by atoms with Gasteiger partial charge in [0, 0.05) is 30.9 Å². The Hall–Kier alpha value is -6.46. The summed E-state index contributed by atoms with van der Waals surface area (Å²) in [6.07, 6.45) is 12.8. The molecule has 6 N–H and O–H groups in total. The first-order chi connectivity index (χ1) is 37.4. The molecular weight excluding hydrogens is 983 g/mol. The smallest absolute Gasteiger partial charge is 0.405 e. The first-order valence-electron chi connectivity index (χ1n) is 29.1. The van der Waals surface area contributed by atoms with Gasteiger partial charge in [-0.05, 0) is 168 Å². The first-order valence-corrected chi connectivity index (χ1v) is 29.1. The van der Waals surface area contributed by atoms with Crippen LogP contribution in [0.4, 0.5) is 29.7 Å². The standard InChI is InChI=1S/C59H68F2N10O6/c60-39-30-38(31-40(61)49(39)68-24-6-1-7-25-68)69-45(47-28-34-14-8-22-56(34)36-16-18-41-43(26-36)64-50(62-41)58(66-54(74)75,52(72)70(47)56)32-10-2-3-11-32)20-21-46(69)48-29-35-15-9-23-57(35)37-17-19-42-44(27-37)65-51(63-42)59(67-55(76)77,53(73)71(48)57)33-12-4-5-13-33/h16-19,26-27,30-35,45-48,66-67H,1-15,20-25,28-29H2,(H,62,64)(H,63,65)(H,74,75)(H,76,77)/t34-,35?,45-,46+,47?,48?,56-,57?,58-,59?/m0/s1. The van der Waals surface area contributed by atoms with Gasteiger partial charge in [-0.15, -0.1) is 0 Å². The molecule has 18 heteroatoms. The number of benzene rings is 3. The molecule has 6 bridgehead atoms. The molecule has 10 aliphatic rings. The summed E-state index contributed by atoms with van der Waals surface area (Å²) in [6.45, 7) is 1.08. The highest BCUT2D eigenvalue weighted by Gasteiger charge is 2.69. The molecule has 4 amide bonds. The van der Waals surface area contributed by atoms with E-state index in [0.717, 1.165) is 92.8 Å². The van der Waals surface area contributed by atoms with Crippen LogP contribution in [0.2, 0.25) is 0 Å². The van der Waals surface area contributed by atoms with Crippen LogP contribution in [0.3, 0.4) is 0 Å². The van der Waals surface area contributed by atoms with E-state index in [1.165, 1.54) is 12.1 Å². The maximum absolute atomic E-state index is 17.4. The second kappa shape index (κ2) is 17.0. The van der Waals surface area contributed by atoms with Crippen LogP contribution in [-0.2, 0) is 31.7 Å². The van der Waals surface area contributed by atoms with Gasteiger partial charge in [-0.1, -0.05) is 50.7 Å². The summed E-state index contributed by atoms with van der Waals surface area (Å²) in [5.74, 6) is -2.22. The fourth-order valence-electron chi connectivity index (χ4n) is 19.0. The van der Waals surface area contributed by atoms with Gasteiger partial charge in [0.1, 0.15) is 17.3 Å². The predicted molar refractivity (Wildman–Crippen MR) is 282 cm³/mol. The van der Waals surface area contributed by atoms with Gasteiger partial charge in [0.25, 0.3) is 11.8 Å². The summed E-state index contributed by atoms with van der Waals surface area (Å²) < 4.78 is 34.8. The highest BCUT2D eigenvalue weighted by atomic mass is 19.1. The third kappa shape index (κ3) is 6.41. The number of amides is 4. The molecule has 3 aromatic carbocycles. The summed E-state index contributed by atoms with van der Waals surface area (Å²) in [5, 5.41) is 27.6. The van der Waals surface area contributed by atoms with E-state index in [1.807, 2.05) is 17.0 Å². The zero-order valence-electron chi connectivity index (χ0n) is 43.5. The maximum atomic E-state index is 17.4. The van der Waals surface area contributed by atoms with Crippen molar-refractivity contribution < 1.29 is 38.2 Å². The van der Waals surface area contributed by atoms with Crippen LogP contribution in [0, 0.1) is 35.3 Å². The summed E-state index contributed by atoms with van der Waals surface area (Å²) in [5.41, 5.74) is -0.0684. The second-order valence-electron chi connectivity index (χ2n) is 25.0. The molecule has 404 valence electrons. The Labute approximate surface area is 445 Å². The van der Waals surface area contributed by atoms with E-state index in [4.69, 9.17) is 9.97 Å². The van der Waals surface area contributed by atoms with Gasteiger partial charge in [-0.25, -0.2) is 28.3 Å². The summed E-state index contributed by atoms with van der Waals surface area (Å²) in [4.78, 5) is 85.7. The Balaban J connectivity index is 0.930. The van der Waals surface area contributed by atoms with Gasteiger partial charge in [-0.3, -0.25) is 9.59 Å². The minimum absolute atomic E-state index is 0.00847. The number of carbonyl (C=O) groups excluding carboxylic acids is 2. The Bertz CT molecular complexity index is 3090. The number of halogens is 2. The quantitative estimate of drug-likeness (QED) is 0.0868. The van der Waals surface area contributed by atoms with Gasteiger partial charge in [0.2, 0.25) is 0 Å². The number of hydrogen-bond acceptors (Lipinski definition) is 8. The van der Waals surface area contributed by atoms with E-state index >= 15 is 18.4 Å². The Morgan fingerprint density at radius 1 is 0.558 bits per heavy atom. The number of carboxylic acid groups (broad SMARTS) is 2. The molecule has 15 rings (SSSR count). The number of anilines is 2. The lowest BCUT2D eigenvalue weighted by molar-refractivity contribution is -0.150. The van der Waals surface area contributed by atoms with Crippen LogP contribution in [0.15, 0.2) is 48.5 Å². The molecule has 5 aromatic rings. The van der Waals surface area contributed by atoms with Crippen molar-refractivity contribution in [2.24, 2.45) is 23.7 Å². The predicted octanol–water partition coefficient (Wildman–Crippen LogP) is 9.97. The lowest BCUT2D eigenvalue weighted by atomic mass is 9.76. The molecule has 4 saturated heterocycles. The second-order valence-corrected chi connectivity index (χ2v) is 25.0. The third-order valence-electron chi connectivity index (χ3n) is 21.8. The normalized spacial score (nSPS) is 34.7. The molecule has 2 aromatic heterocycles. The van der Waals surface area contributed by atoms with Crippen LogP contribution in [0.5, 0.6) is 0 Å². The molecule has 8 fully saturated rings. The number of nitrogens with zero attached hydrogens (tertiary/aromatic N) is 6.